The highest BCUT2D eigenvalue weighted by Crippen LogP contribution is 2.21. The summed E-state index contributed by atoms with van der Waals surface area (Å²) in [5.41, 5.74) is 4.62. The van der Waals surface area contributed by atoms with Crippen molar-refractivity contribution in [2.45, 2.75) is 13.8 Å². The van der Waals surface area contributed by atoms with Crippen LogP contribution >= 0.6 is 0 Å². The van der Waals surface area contributed by atoms with Gasteiger partial charge in [0.1, 0.15) is 0 Å². The minimum atomic E-state index is 1.07. The molecule has 1 aromatic carbocycles. The molecule has 0 amide bonds. The fourth-order valence-electron chi connectivity index (χ4n) is 1.61. The quantitative estimate of drug-likeness (QED) is 0.660. The van der Waals surface area contributed by atoms with Gasteiger partial charge in [-0.05, 0) is 25.5 Å². The molecule has 1 nitrogen and oxygen atoms in total. The first-order valence-electron chi connectivity index (χ1n) is 4.77. The van der Waals surface area contributed by atoms with Gasteiger partial charge in [0, 0.05) is 17.0 Å². The van der Waals surface area contributed by atoms with Gasteiger partial charge in [0.05, 0.1) is 0 Å². The van der Waals surface area contributed by atoms with Crippen LogP contribution in [-0.4, -0.2) is 4.98 Å². The maximum absolute atomic E-state index is 4.45. The van der Waals surface area contributed by atoms with Crippen molar-refractivity contribution in [1.82, 2.24) is 4.98 Å². The predicted octanol–water partition coefficient (Wildman–Crippen LogP) is 3.37. The summed E-state index contributed by atoms with van der Waals surface area (Å²) < 4.78 is 0. The molecule has 2 aromatic rings. The van der Waals surface area contributed by atoms with Crippen molar-refractivity contribution >= 4 is 0 Å². The Kier molecular flexibility index (Phi) is 2.32. The van der Waals surface area contributed by atoms with Crippen LogP contribution in [-0.2, 0) is 0 Å². The minimum Gasteiger partial charge on any atom is -0.258 e. The second kappa shape index (κ2) is 3.62. The third kappa shape index (κ3) is 1.67. The number of pyridine rings is 1. The van der Waals surface area contributed by atoms with Crippen molar-refractivity contribution in [3.63, 3.8) is 0 Å². The van der Waals surface area contributed by atoms with Crippen molar-refractivity contribution < 1.29 is 0 Å². The van der Waals surface area contributed by atoms with Gasteiger partial charge in [0.15, 0.2) is 0 Å². The average molecular weight is 183 g/mol. The zero-order valence-corrected chi connectivity index (χ0v) is 8.49. The van der Waals surface area contributed by atoms with Crippen molar-refractivity contribution in [2.24, 2.45) is 0 Å². The summed E-state index contributed by atoms with van der Waals surface area (Å²) >= 11 is 0. The summed E-state index contributed by atoms with van der Waals surface area (Å²) in [6, 6.07) is 14.5. The first-order chi connectivity index (χ1) is 6.77. The number of benzene rings is 1. The number of hydrogen-bond acceptors (Lipinski definition) is 1. The van der Waals surface area contributed by atoms with E-state index in [1.54, 1.807) is 0 Å². The molecule has 0 aliphatic heterocycles. The Morgan fingerprint density at radius 1 is 0.857 bits per heavy atom. The van der Waals surface area contributed by atoms with E-state index in [9.17, 15) is 0 Å². The van der Waals surface area contributed by atoms with Crippen LogP contribution in [0.2, 0.25) is 0 Å². The molecule has 0 atom stereocenters. The van der Waals surface area contributed by atoms with Crippen molar-refractivity contribution in [3.8, 4) is 11.1 Å². The first-order valence-corrected chi connectivity index (χ1v) is 4.77. The lowest BCUT2D eigenvalue weighted by Crippen LogP contribution is -1.89. The van der Waals surface area contributed by atoms with Crippen molar-refractivity contribution in [1.29, 1.82) is 0 Å². The first kappa shape index (κ1) is 8.95. The fourth-order valence-corrected chi connectivity index (χ4v) is 1.61. The van der Waals surface area contributed by atoms with Crippen LogP contribution in [0.5, 0.6) is 0 Å². The Morgan fingerprint density at radius 3 is 2.21 bits per heavy atom. The molecule has 0 saturated carbocycles. The Hall–Kier alpha value is -1.63. The van der Waals surface area contributed by atoms with Gasteiger partial charge < -0.3 is 0 Å². The Labute approximate surface area is 84.4 Å². The Morgan fingerprint density at radius 2 is 1.57 bits per heavy atom. The van der Waals surface area contributed by atoms with Crippen LogP contribution in [0.25, 0.3) is 11.1 Å². The molecule has 70 valence electrons. The molecule has 0 radical (unpaired) electrons. The van der Waals surface area contributed by atoms with Crippen LogP contribution in [0.15, 0.2) is 42.5 Å². The van der Waals surface area contributed by atoms with Gasteiger partial charge in [-0.25, -0.2) is 0 Å². The molecule has 0 aliphatic carbocycles. The van der Waals surface area contributed by atoms with Crippen LogP contribution in [0.1, 0.15) is 11.4 Å². The minimum absolute atomic E-state index is 1.07. The number of rotatable bonds is 1. The number of nitrogens with zero attached hydrogens (tertiary/aromatic N) is 1. The van der Waals surface area contributed by atoms with Gasteiger partial charge >= 0.3 is 0 Å². The second-order valence-corrected chi connectivity index (χ2v) is 3.45. The molecule has 0 aliphatic rings. The summed E-state index contributed by atoms with van der Waals surface area (Å²) in [6.07, 6.45) is 0. The average Bonchev–Trinajstić information content (AvgIpc) is 2.19. The highest BCUT2D eigenvalue weighted by atomic mass is 14.7. The number of aromatic nitrogens is 1. The van der Waals surface area contributed by atoms with Crippen LogP contribution in [0.3, 0.4) is 0 Å². The monoisotopic (exact) mass is 183 g/mol. The molecule has 1 aromatic heterocycles. The lowest BCUT2D eigenvalue weighted by Gasteiger charge is -2.05. The molecule has 0 unspecified atom stereocenters. The highest BCUT2D eigenvalue weighted by molar-refractivity contribution is 5.65. The Balaban J connectivity index is 2.53. The van der Waals surface area contributed by atoms with E-state index < -0.39 is 0 Å². The highest BCUT2D eigenvalue weighted by Gasteiger charge is 2.01. The summed E-state index contributed by atoms with van der Waals surface area (Å²) in [4.78, 5) is 4.45. The predicted molar refractivity (Wildman–Crippen MR) is 59.1 cm³/mol. The SMILES string of the molecule is Cc1ccc(-c2ccccc2)c(C)n1. The van der Waals surface area contributed by atoms with Gasteiger partial charge in [-0.1, -0.05) is 36.4 Å². The molecule has 0 N–H and O–H groups in total. The maximum atomic E-state index is 4.45. The maximum Gasteiger partial charge on any atom is 0.0454 e. The zero-order valence-electron chi connectivity index (χ0n) is 8.49. The fraction of sp³-hybridized carbons (Fsp3) is 0.154. The lowest BCUT2D eigenvalue weighted by atomic mass is 10.0. The smallest absolute Gasteiger partial charge is 0.0454 e. The topological polar surface area (TPSA) is 12.9 Å². The summed E-state index contributed by atoms with van der Waals surface area (Å²) in [5.74, 6) is 0. The molecule has 1 heterocycles. The zero-order chi connectivity index (χ0) is 9.97. The lowest BCUT2D eigenvalue weighted by molar-refractivity contribution is 1.13. The van der Waals surface area contributed by atoms with Gasteiger partial charge in [-0.3, -0.25) is 4.98 Å². The van der Waals surface area contributed by atoms with Gasteiger partial charge in [0.2, 0.25) is 0 Å². The molecule has 1 heteroatoms. The van der Waals surface area contributed by atoms with Gasteiger partial charge in [0.25, 0.3) is 0 Å². The van der Waals surface area contributed by atoms with E-state index in [2.05, 4.69) is 48.3 Å². The summed E-state index contributed by atoms with van der Waals surface area (Å²) in [7, 11) is 0. The molecular formula is C13H13N. The number of aryl methyl sites for hydroxylation is 2. The van der Waals surface area contributed by atoms with Crippen molar-refractivity contribution in [2.75, 3.05) is 0 Å². The summed E-state index contributed by atoms with van der Waals surface area (Å²) in [6.45, 7) is 4.07. The molecule has 0 bridgehead atoms. The van der Waals surface area contributed by atoms with E-state index in [0.717, 1.165) is 11.4 Å². The van der Waals surface area contributed by atoms with Crippen LogP contribution < -0.4 is 0 Å². The molecule has 0 spiro atoms. The van der Waals surface area contributed by atoms with E-state index in [-0.39, 0.29) is 0 Å². The molecule has 2 rings (SSSR count). The largest absolute Gasteiger partial charge is 0.258 e. The Bertz CT molecular complexity index is 432. The number of hydrogen-bond donors (Lipinski definition) is 0. The molecule has 0 saturated heterocycles. The van der Waals surface area contributed by atoms with E-state index >= 15 is 0 Å². The third-order valence-electron chi connectivity index (χ3n) is 2.31. The van der Waals surface area contributed by atoms with Crippen LogP contribution in [0.4, 0.5) is 0 Å². The summed E-state index contributed by atoms with van der Waals surface area (Å²) in [5, 5.41) is 0. The normalized spacial score (nSPS) is 10.1. The van der Waals surface area contributed by atoms with E-state index in [4.69, 9.17) is 0 Å². The van der Waals surface area contributed by atoms with Crippen molar-refractivity contribution in [3.05, 3.63) is 53.9 Å². The molecular weight excluding hydrogens is 170 g/mol. The third-order valence-corrected chi connectivity index (χ3v) is 2.31. The van der Waals surface area contributed by atoms with E-state index in [0.29, 0.717) is 0 Å². The van der Waals surface area contributed by atoms with E-state index in [1.165, 1.54) is 11.1 Å². The van der Waals surface area contributed by atoms with Gasteiger partial charge in [-0.15, -0.1) is 0 Å². The van der Waals surface area contributed by atoms with E-state index in [1.807, 2.05) is 13.0 Å². The van der Waals surface area contributed by atoms with Crippen LogP contribution in [0, 0.1) is 13.8 Å². The molecule has 14 heavy (non-hydrogen) atoms. The second-order valence-electron chi connectivity index (χ2n) is 3.45. The standard InChI is InChI=1S/C13H13N/c1-10-8-9-13(11(2)14-10)12-6-4-3-5-7-12/h3-9H,1-2H3. The van der Waals surface area contributed by atoms with Gasteiger partial charge in [-0.2, -0.15) is 0 Å². The molecule has 0 fully saturated rings.